The molecular formula is C40H66O12. The molecule has 19 atom stereocenters. The summed E-state index contributed by atoms with van der Waals surface area (Å²) in [6.45, 7) is 13.4. The molecule has 12 heteroatoms. The summed E-state index contributed by atoms with van der Waals surface area (Å²) in [5.41, 5.74) is 0.182. The summed E-state index contributed by atoms with van der Waals surface area (Å²) >= 11 is 0. The first-order chi connectivity index (χ1) is 24.3. The van der Waals surface area contributed by atoms with Gasteiger partial charge < -0.3 is 59.8 Å². The van der Waals surface area contributed by atoms with E-state index in [2.05, 4.69) is 47.6 Å². The van der Waals surface area contributed by atoms with Crippen LogP contribution in [0.2, 0.25) is 0 Å². The molecule has 2 heterocycles. The van der Waals surface area contributed by atoms with Crippen molar-refractivity contribution in [3.05, 3.63) is 11.6 Å². The third kappa shape index (κ3) is 5.67. The second-order valence-corrected chi connectivity index (χ2v) is 19.7. The summed E-state index contributed by atoms with van der Waals surface area (Å²) < 4.78 is 23.6. The van der Waals surface area contributed by atoms with Gasteiger partial charge in [0.1, 0.15) is 36.6 Å². The number of ether oxygens (including phenoxy) is 4. The lowest BCUT2D eigenvalue weighted by molar-refractivity contribution is -0.348. The summed E-state index contributed by atoms with van der Waals surface area (Å²) in [5, 5.41) is 85.6. The second-order valence-electron chi connectivity index (χ2n) is 19.7. The van der Waals surface area contributed by atoms with E-state index in [1.807, 2.05) is 0 Å². The van der Waals surface area contributed by atoms with Gasteiger partial charge in [-0.05, 0) is 97.2 Å². The van der Waals surface area contributed by atoms with Gasteiger partial charge in [-0.15, -0.1) is 0 Å². The summed E-state index contributed by atoms with van der Waals surface area (Å²) in [4.78, 5) is 0. The first-order valence-corrected chi connectivity index (χ1v) is 19.9. The van der Waals surface area contributed by atoms with E-state index in [4.69, 9.17) is 18.9 Å². The predicted molar refractivity (Wildman–Crippen MR) is 188 cm³/mol. The highest BCUT2D eigenvalue weighted by Gasteiger charge is 2.69. The third-order valence-electron chi connectivity index (χ3n) is 16.9. The molecule has 12 nitrogen and oxygen atoms in total. The van der Waals surface area contributed by atoms with E-state index in [9.17, 15) is 40.9 Å². The summed E-state index contributed by atoms with van der Waals surface area (Å²) in [5.74, 6) is 0.710. The van der Waals surface area contributed by atoms with Crippen LogP contribution in [0.3, 0.4) is 0 Å². The number of aliphatic hydroxyl groups is 8. The van der Waals surface area contributed by atoms with Crippen LogP contribution in [-0.4, -0.2) is 129 Å². The Hall–Kier alpha value is -0.740. The van der Waals surface area contributed by atoms with E-state index in [-0.39, 0.29) is 65.3 Å². The van der Waals surface area contributed by atoms with Crippen molar-refractivity contribution in [1.82, 2.24) is 0 Å². The highest BCUT2D eigenvalue weighted by molar-refractivity contribution is 5.34. The molecule has 0 aromatic heterocycles. The Labute approximate surface area is 308 Å². The molecule has 6 fully saturated rings. The summed E-state index contributed by atoms with van der Waals surface area (Å²) in [6.07, 6.45) is -1.46. The monoisotopic (exact) mass is 738 g/mol. The molecule has 0 bridgehead atoms. The lowest BCUT2D eigenvalue weighted by Crippen LogP contribution is -2.67. The van der Waals surface area contributed by atoms with E-state index in [1.54, 1.807) is 0 Å². The molecule has 5 aliphatic carbocycles. The van der Waals surface area contributed by atoms with Crippen molar-refractivity contribution in [2.75, 3.05) is 26.4 Å². The molecule has 0 aromatic carbocycles. The fourth-order valence-electron chi connectivity index (χ4n) is 13.2. The van der Waals surface area contributed by atoms with E-state index < -0.39 is 66.8 Å². The Morgan fingerprint density at radius 1 is 0.692 bits per heavy atom. The van der Waals surface area contributed by atoms with Gasteiger partial charge in [0.15, 0.2) is 12.6 Å². The first kappa shape index (κ1) is 39.5. The lowest BCUT2D eigenvalue weighted by atomic mass is 9.33. The van der Waals surface area contributed by atoms with Gasteiger partial charge in [-0.25, -0.2) is 0 Å². The van der Waals surface area contributed by atoms with Gasteiger partial charge in [0.05, 0.1) is 32.0 Å². The molecule has 8 N–H and O–H groups in total. The van der Waals surface area contributed by atoms with Crippen molar-refractivity contribution in [3.63, 3.8) is 0 Å². The molecule has 2 saturated heterocycles. The molecule has 4 saturated carbocycles. The topological polar surface area (TPSA) is 199 Å². The van der Waals surface area contributed by atoms with E-state index in [0.29, 0.717) is 18.8 Å². The SMILES string of the molecule is CC1(CO)CC(O)C2(C)CCC3(C)C(=CCC4C5(C)CCC(OC6OCC(O)C(OC7OCC(O)C(O)C7O)C6O)C(C)(CO)C5CCC43C)C2C1. The van der Waals surface area contributed by atoms with Crippen molar-refractivity contribution in [2.45, 2.75) is 161 Å². The average molecular weight is 739 g/mol. The highest BCUT2D eigenvalue weighted by Crippen LogP contribution is 2.75. The van der Waals surface area contributed by atoms with Crippen LogP contribution in [0, 0.1) is 50.2 Å². The van der Waals surface area contributed by atoms with Crippen molar-refractivity contribution >= 4 is 0 Å². The zero-order chi connectivity index (χ0) is 37.8. The average Bonchev–Trinajstić information content (AvgIpc) is 3.10. The van der Waals surface area contributed by atoms with Gasteiger partial charge in [0.25, 0.3) is 0 Å². The largest absolute Gasteiger partial charge is 0.396 e. The number of hydrogen-bond donors (Lipinski definition) is 8. The van der Waals surface area contributed by atoms with Crippen LogP contribution in [-0.2, 0) is 18.9 Å². The minimum atomic E-state index is -1.59. The molecule has 0 spiro atoms. The van der Waals surface area contributed by atoms with Gasteiger partial charge in [-0.1, -0.05) is 53.2 Å². The Bertz CT molecular complexity index is 1360. The fraction of sp³-hybridized carbons (Fsp3) is 0.950. The van der Waals surface area contributed by atoms with Gasteiger partial charge >= 0.3 is 0 Å². The van der Waals surface area contributed by atoms with Crippen molar-refractivity contribution < 1.29 is 59.8 Å². The molecule has 0 radical (unpaired) electrons. The third-order valence-corrected chi connectivity index (χ3v) is 16.9. The highest BCUT2D eigenvalue weighted by atomic mass is 16.7. The zero-order valence-corrected chi connectivity index (χ0v) is 32.0. The van der Waals surface area contributed by atoms with Gasteiger partial charge in [0.2, 0.25) is 0 Å². The Kier molecular flexibility index (Phi) is 10.2. The Morgan fingerprint density at radius 2 is 1.37 bits per heavy atom. The summed E-state index contributed by atoms with van der Waals surface area (Å²) in [7, 11) is 0. The zero-order valence-electron chi connectivity index (χ0n) is 32.0. The number of aliphatic hydroxyl groups excluding tert-OH is 8. The molecule has 2 aliphatic heterocycles. The van der Waals surface area contributed by atoms with Crippen molar-refractivity contribution in [1.29, 1.82) is 0 Å². The van der Waals surface area contributed by atoms with Crippen molar-refractivity contribution in [3.8, 4) is 0 Å². The van der Waals surface area contributed by atoms with Crippen LogP contribution < -0.4 is 0 Å². The molecule has 7 rings (SSSR count). The summed E-state index contributed by atoms with van der Waals surface area (Å²) in [6, 6.07) is 0. The van der Waals surface area contributed by atoms with Crippen LogP contribution >= 0.6 is 0 Å². The van der Waals surface area contributed by atoms with Crippen LogP contribution in [0.5, 0.6) is 0 Å². The van der Waals surface area contributed by atoms with Crippen LogP contribution in [0.1, 0.15) is 99.3 Å². The number of hydrogen-bond acceptors (Lipinski definition) is 12. The standard InChI is InChI=1S/C40H66O12/c1-35(19-41)15-22-21-7-8-26-37(3)11-10-28(51-34-31(48)32(24(44)18-50-34)52-33-30(47)29(46)23(43)17-49-33)38(4,20-42)25(37)9-12-40(26,6)39(21,5)14-13-36(22,2)27(45)16-35/h7,22-34,41-48H,8-20H2,1-6H3. The maximum Gasteiger partial charge on any atom is 0.186 e. The first-order valence-electron chi connectivity index (χ1n) is 19.9. The van der Waals surface area contributed by atoms with E-state index in [1.165, 1.54) is 5.57 Å². The molecule has 7 aliphatic rings. The van der Waals surface area contributed by atoms with Gasteiger partial charge in [0, 0.05) is 17.4 Å². The fourth-order valence-corrected chi connectivity index (χ4v) is 13.2. The quantitative estimate of drug-likeness (QED) is 0.146. The minimum Gasteiger partial charge on any atom is -0.396 e. The van der Waals surface area contributed by atoms with Gasteiger partial charge in [-0.3, -0.25) is 0 Å². The van der Waals surface area contributed by atoms with E-state index in [0.717, 1.165) is 44.9 Å². The molecule has 0 amide bonds. The smallest absolute Gasteiger partial charge is 0.186 e. The normalized spacial score (nSPS) is 57.9. The maximum atomic E-state index is 11.5. The molecule has 19 unspecified atom stereocenters. The van der Waals surface area contributed by atoms with Crippen LogP contribution in [0.15, 0.2) is 11.6 Å². The van der Waals surface area contributed by atoms with Crippen LogP contribution in [0.25, 0.3) is 0 Å². The van der Waals surface area contributed by atoms with Crippen LogP contribution in [0.4, 0.5) is 0 Å². The number of rotatable bonds is 6. The molecule has 298 valence electrons. The molecule has 52 heavy (non-hydrogen) atoms. The number of allylic oxidation sites excluding steroid dienone is 2. The van der Waals surface area contributed by atoms with E-state index >= 15 is 0 Å². The Morgan fingerprint density at radius 3 is 2.04 bits per heavy atom. The number of fused-ring (bicyclic) bond motifs is 7. The Balaban J connectivity index is 1.11. The molecule has 0 aromatic rings. The second kappa shape index (κ2) is 13.4. The predicted octanol–water partition coefficient (Wildman–Crippen LogP) is 2.01. The maximum absolute atomic E-state index is 11.5. The van der Waals surface area contributed by atoms with Gasteiger partial charge in [-0.2, -0.15) is 0 Å². The van der Waals surface area contributed by atoms with Crippen molar-refractivity contribution in [2.24, 2.45) is 50.2 Å². The lowest BCUT2D eigenvalue weighted by Gasteiger charge is -2.72. The molecular weight excluding hydrogens is 672 g/mol. The minimum absolute atomic E-state index is 0.00445.